The number of carbonyl (C=O) groups excluding carboxylic acids is 1. The number of methoxy groups -OCH3 is 1. The monoisotopic (exact) mass is 302 g/mol. The molecule has 1 aromatic carbocycles. The maximum absolute atomic E-state index is 12.2. The van der Waals surface area contributed by atoms with Crippen molar-refractivity contribution in [2.75, 3.05) is 7.11 Å². The van der Waals surface area contributed by atoms with Crippen LogP contribution in [-0.2, 0) is 9.53 Å². The summed E-state index contributed by atoms with van der Waals surface area (Å²) in [7, 11) is 1.26. The number of phenols is 1. The van der Waals surface area contributed by atoms with Crippen LogP contribution in [0.2, 0.25) is 0 Å². The third kappa shape index (κ3) is 2.22. The first-order chi connectivity index (χ1) is 10.5. The average Bonchev–Trinajstić information content (AvgIpc) is 2.86. The lowest BCUT2D eigenvalue weighted by molar-refractivity contribution is -0.148. The minimum atomic E-state index is -0.964. The molecule has 1 aromatic heterocycles. The molecule has 6 heteroatoms. The highest BCUT2D eigenvalue weighted by Crippen LogP contribution is 2.41. The number of phenolic OH excluding ortho intramolecular Hbond substituents is 1. The number of rotatable bonds is 2. The molecule has 0 aliphatic carbocycles. The van der Waals surface area contributed by atoms with Crippen LogP contribution in [0.1, 0.15) is 22.8 Å². The molecular weight excluding hydrogens is 288 g/mol. The Morgan fingerprint density at radius 1 is 1.27 bits per heavy atom. The molecule has 2 heterocycles. The molecule has 0 radical (unpaired) electrons. The summed E-state index contributed by atoms with van der Waals surface area (Å²) in [5.74, 6) is -0.402. The first kappa shape index (κ1) is 14.2. The molecule has 0 bridgehead atoms. The number of fused-ring (bicyclic) bond motifs is 1. The van der Waals surface area contributed by atoms with Gasteiger partial charge in [-0.2, -0.15) is 0 Å². The predicted octanol–water partition coefficient (Wildman–Crippen LogP) is 1.72. The standard InChI is InChI=1S/C16H14O6/c1-8-7-11-13(15(18)21-8)12(14(22-11)16(19)20-2)9-3-5-10(17)6-4-9/h3-7,12,14,17H,1-2H3/t12-,14+/m1/s1. The maximum atomic E-state index is 12.2. The lowest BCUT2D eigenvalue weighted by Crippen LogP contribution is -2.31. The third-order valence-electron chi connectivity index (χ3n) is 3.63. The van der Waals surface area contributed by atoms with E-state index in [4.69, 9.17) is 13.9 Å². The molecule has 1 aliphatic rings. The van der Waals surface area contributed by atoms with Gasteiger partial charge in [0.15, 0.2) is 0 Å². The highest BCUT2D eigenvalue weighted by Gasteiger charge is 2.43. The summed E-state index contributed by atoms with van der Waals surface area (Å²) < 4.78 is 15.5. The Morgan fingerprint density at radius 3 is 2.59 bits per heavy atom. The van der Waals surface area contributed by atoms with Gasteiger partial charge in [0.2, 0.25) is 6.10 Å². The summed E-state index contributed by atoms with van der Waals surface area (Å²) >= 11 is 0. The molecule has 6 nitrogen and oxygen atoms in total. The minimum Gasteiger partial charge on any atom is -0.508 e. The summed E-state index contributed by atoms with van der Waals surface area (Å²) in [5.41, 5.74) is 0.397. The van der Waals surface area contributed by atoms with E-state index < -0.39 is 23.6 Å². The zero-order valence-electron chi connectivity index (χ0n) is 12.0. The molecule has 0 spiro atoms. The van der Waals surface area contributed by atoms with Gasteiger partial charge in [0, 0.05) is 6.07 Å². The zero-order valence-corrected chi connectivity index (χ0v) is 12.0. The second-order valence-electron chi connectivity index (χ2n) is 5.05. The van der Waals surface area contributed by atoms with Crippen molar-refractivity contribution in [1.82, 2.24) is 0 Å². The number of benzene rings is 1. The van der Waals surface area contributed by atoms with Crippen molar-refractivity contribution < 1.29 is 23.8 Å². The summed E-state index contributed by atoms with van der Waals surface area (Å²) in [6.45, 7) is 1.63. The van der Waals surface area contributed by atoms with Gasteiger partial charge in [-0.3, -0.25) is 0 Å². The van der Waals surface area contributed by atoms with E-state index in [9.17, 15) is 14.7 Å². The van der Waals surface area contributed by atoms with Gasteiger partial charge in [-0.1, -0.05) is 12.1 Å². The molecule has 0 saturated heterocycles. The highest BCUT2D eigenvalue weighted by atomic mass is 16.6. The quantitative estimate of drug-likeness (QED) is 0.850. The van der Waals surface area contributed by atoms with Gasteiger partial charge < -0.3 is 19.0 Å². The van der Waals surface area contributed by atoms with Gasteiger partial charge in [0.25, 0.3) is 0 Å². The van der Waals surface area contributed by atoms with E-state index in [-0.39, 0.29) is 11.3 Å². The molecule has 114 valence electrons. The Labute approximate surface area is 125 Å². The van der Waals surface area contributed by atoms with Crippen molar-refractivity contribution in [3.05, 3.63) is 57.6 Å². The van der Waals surface area contributed by atoms with Crippen LogP contribution < -0.4 is 10.4 Å². The number of aromatic hydroxyl groups is 1. The van der Waals surface area contributed by atoms with Crippen LogP contribution in [0.15, 0.2) is 39.5 Å². The normalized spacial score (nSPS) is 19.4. The van der Waals surface area contributed by atoms with E-state index in [0.717, 1.165) is 0 Å². The Morgan fingerprint density at radius 2 is 1.95 bits per heavy atom. The van der Waals surface area contributed by atoms with E-state index in [0.29, 0.717) is 17.1 Å². The van der Waals surface area contributed by atoms with Crippen LogP contribution in [0.5, 0.6) is 11.5 Å². The summed E-state index contributed by atoms with van der Waals surface area (Å²) in [6, 6.07) is 7.81. The van der Waals surface area contributed by atoms with Gasteiger partial charge >= 0.3 is 11.6 Å². The van der Waals surface area contributed by atoms with Crippen molar-refractivity contribution in [2.24, 2.45) is 0 Å². The minimum absolute atomic E-state index is 0.0912. The SMILES string of the molecule is COC(=O)[C@H]1Oc2cc(C)oc(=O)c2[C@H]1c1ccc(O)cc1. The predicted molar refractivity (Wildman–Crippen MR) is 76.1 cm³/mol. The molecule has 0 saturated carbocycles. The van der Waals surface area contributed by atoms with Crippen LogP contribution >= 0.6 is 0 Å². The zero-order chi connectivity index (χ0) is 15.9. The Hall–Kier alpha value is -2.76. The molecule has 2 atom stereocenters. The van der Waals surface area contributed by atoms with Gasteiger partial charge in [0.1, 0.15) is 17.3 Å². The van der Waals surface area contributed by atoms with E-state index in [1.165, 1.54) is 19.2 Å². The van der Waals surface area contributed by atoms with Crippen molar-refractivity contribution in [3.8, 4) is 11.5 Å². The Kier molecular flexibility index (Phi) is 3.36. The number of hydrogen-bond donors (Lipinski definition) is 1. The lowest BCUT2D eigenvalue weighted by Gasteiger charge is -2.16. The average molecular weight is 302 g/mol. The number of carbonyl (C=O) groups is 1. The first-order valence-electron chi connectivity index (χ1n) is 6.69. The second-order valence-corrected chi connectivity index (χ2v) is 5.05. The van der Waals surface area contributed by atoms with Crippen LogP contribution in [-0.4, -0.2) is 24.3 Å². The van der Waals surface area contributed by atoms with Crippen LogP contribution in [0, 0.1) is 6.92 Å². The fourth-order valence-electron chi connectivity index (χ4n) is 2.65. The number of aryl methyl sites for hydroxylation is 1. The molecule has 1 aliphatic heterocycles. The fraction of sp³-hybridized carbons (Fsp3) is 0.250. The van der Waals surface area contributed by atoms with Crippen molar-refractivity contribution in [2.45, 2.75) is 18.9 Å². The number of ether oxygens (including phenoxy) is 2. The molecule has 0 unspecified atom stereocenters. The van der Waals surface area contributed by atoms with Crippen molar-refractivity contribution in [1.29, 1.82) is 0 Å². The van der Waals surface area contributed by atoms with E-state index in [1.807, 2.05) is 0 Å². The fourth-order valence-corrected chi connectivity index (χ4v) is 2.65. The first-order valence-corrected chi connectivity index (χ1v) is 6.69. The summed E-state index contributed by atoms with van der Waals surface area (Å²) in [4.78, 5) is 24.2. The van der Waals surface area contributed by atoms with Gasteiger partial charge in [0.05, 0.1) is 18.6 Å². The van der Waals surface area contributed by atoms with E-state index in [2.05, 4.69) is 0 Å². The largest absolute Gasteiger partial charge is 0.508 e. The number of esters is 1. The van der Waals surface area contributed by atoms with E-state index >= 15 is 0 Å². The van der Waals surface area contributed by atoms with Gasteiger partial charge in [-0.15, -0.1) is 0 Å². The summed E-state index contributed by atoms with van der Waals surface area (Å²) in [5, 5.41) is 9.40. The lowest BCUT2D eigenvalue weighted by atomic mass is 9.89. The molecule has 3 rings (SSSR count). The third-order valence-corrected chi connectivity index (χ3v) is 3.63. The topological polar surface area (TPSA) is 86.0 Å². The highest BCUT2D eigenvalue weighted by molar-refractivity contribution is 5.79. The molecule has 2 aromatic rings. The smallest absolute Gasteiger partial charge is 0.348 e. The molecule has 0 amide bonds. The summed E-state index contributed by atoms with van der Waals surface area (Å²) in [6.07, 6.45) is -0.964. The van der Waals surface area contributed by atoms with Crippen LogP contribution in [0.3, 0.4) is 0 Å². The Balaban J connectivity index is 2.17. The maximum Gasteiger partial charge on any atom is 0.348 e. The number of hydrogen-bond acceptors (Lipinski definition) is 6. The second kappa shape index (κ2) is 5.22. The molecular formula is C16H14O6. The van der Waals surface area contributed by atoms with Crippen molar-refractivity contribution >= 4 is 5.97 Å². The van der Waals surface area contributed by atoms with E-state index in [1.54, 1.807) is 25.1 Å². The Bertz CT molecular complexity index is 774. The van der Waals surface area contributed by atoms with Crippen LogP contribution in [0.4, 0.5) is 0 Å². The van der Waals surface area contributed by atoms with Crippen molar-refractivity contribution in [3.63, 3.8) is 0 Å². The van der Waals surface area contributed by atoms with Gasteiger partial charge in [-0.25, -0.2) is 9.59 Å². The molecule has 0 fully saturated rings. The van der Waals surface area contributed by atoms with Gasteiger partial charge in [-0.05, 0) is 24.6 Å². The van der Waals surface area contributed by atoms with Crippen LogP contribution in [0.25, 0.3) is 0 Å². The molecule has 1 N–H and O–H groups in total. The molecule has 22 heavy (non-hydrogen) atoms.